The van der Waals surface area contributed by atoms with Crippen LogP contribution in [-0.4, -0.2) is 36.4 Å². The standard InChI is InChI=1S/C21H22F2N4O/c1-28-18-11-13(20(22)23)8-9-17(18)19-15-6-2-3-7-16(15)21(27-26-19)25-14-5-4-10-24-12-14/h2-3,6-9,11,14,20,24H,4-5,10,12H2,1H3,(H,25,27)/t14-/m1/s1. The van der Waals surface area contributed by atoms with E-state index < -0.39 is 6.43 Å². The van der Waals surface area contributed by atoms with E-state index in [1.165, 1.54) is 19.2 Å². The number of nitrogens with zero attached hydrogens (tertiary/aromatic N) is 2. The lowest BCUT2D eigenvalue weighted by Crippen LogP contribution is -2.38. The molecule has 0 saturated carbocycles. The van der Waals surface area contributed by atoms with Crippen molar-refractivity contribution < 1.29 is 13.5 Å². The van der Waals surface area contributed by atoms with Crippen LogP contribution in [0.5, 0.6) is 5.75 Å². The van der Waals surface area contributed by atoms with E-state index in [-0.39, 0.29) is 5.56 Å². The summed E-state index contributed by atoms with van der Waals surface area (Å²) in [6.07, 6.45) is -0.357. The third-order valence-corrected chi connectivity index (χ3v) is 5.06. The monoisotopic (exact) mass is 384 g/mol. The Bertz CT molecular complexity index is 974. The number of fused-ring (bicyclic) bond motifs is 1. The smallest absolute Gasteiger partial charge is 0.263 e. The highest BCUT2D eigenvalue weighted by Crippen LogP contribution is 2.37. The Morgan fingerprint density at radius 3 is 2.68 bits per heavy atom. The molecule has 0 spiro atoms. The van der Waals surface area contributed by atoms with Crippen LogP contribution in [0.25, 0.3) is 22.0 Å². The van der Waals surface area contributed by atoms with Gasteiger partial charge in [-0.1, -0.05) is 30.3 Å². The van der Waals surface area contributed by atoms with Crippen LogP contribution in [0.2, 0.25) is 0 Å². The van der Waals surface area contributed by atoms with Gasteiger partial charge in [-0.2, -0.15) is 0 Å². The zero-order valence-electron chi connectivity index (χ0n) is 15.6. The van der Waals surface area contributed by atoms with E-state index in [0.717, 1.165) is 42.5 Å². The van der Waals surface area contributed by atoms with Crippen molar-refractivity contribution in [1.29, 1.82) is 0 Å². The maximum absolute atomic E-state index is 13.0. The molecular formula is C21H22F2N4O. The second-order valence-corrected chi connectivity index (χ2v) is 6.89. The molecule has 3 aromatic rings. The summed E-state index contributed by atoms with van der Waals surface area (Å²) in [7, 11) is 1.47. The molecule has 1 aliphatic rings. The summed E-state index contributed by atoms with van der Waals surface area (Å²) in [4.78, 5) is 0. The number of methoxy groups -OCH3 is 1. The summed E-state index contributed by atoms with van der Waals surface area (Å²) in [5, 5.41) is 17.6. The number of alkyl halides is 2. The average molecular weight is 384 g/mol. The predicted molar refractivity (Wildman–Crippen MR) is 106 cm³/mol. The lowest BCUT2D eigenvalue weighted by molar-refractivity contribution is 0.151. The first-order valence-corrected chi connectivity index (χ1v) is 9.36. The first-order valence-electron chi connectivity index (χ1n) is 9.36. The quantitative estimate of drug-likeness (QED) is 0.683. The number of benzene rings is 2. The molecule has 1 aromatic heterocycles. The van der Waals surface area contributed by atoms with Crippen LogP contribution in [0.3, 0.4) is 0 Å². The molecule has 5 nitrogen and oxygen atoms in total. The van der Waals surface area contributed by atoms with Crippen molar-refractivity contribution in [3.8, 4) is 17.0 Å². The van der Waals surface area contributed by atoms with Gasteiger partial charge in [-0.15, -0.1) is 10.2 Å². The summed E-state index contributed by atoms with van der Waals surface area (Å²) < 4.78 is 31.5. The molecule has 28 heavy (non-hydrogen) atoms. The van der Waals surface area contributed by atoms with E-state index in [0.29, 0.717) is 23.0 Å². The molecule has 0 radical (unpaired) electrons. The Morgan fingerprint density at radius 1 is 1.14 bits per heavy atom. The number of hydrogen-bond donors (Lipinski definition) is 2. The highest BCUT2D eigenvalue weighted by atomic mass is 19.3. The van der Waals surface area contributed by atoms with Crippen molar-refractivity contribution in [2.75, 3.05) is 25.5 Å². The molecule has 1 fully saturated rings. The number of anilines is 1. The first kappa shape index (κ1) is 18.6. The van der Waals surface area contributed by atoms with Crippen molar-refractivity contribution in [1.82, 2.24) is 15.5 Å². The van der Waals surface area contributed by atoms with Crippen molar-refractivity contribution in [3.05, 3.63) is 48.0 Å². The van der Waals surface area contributed by atoms with Gasteiger partial charge >= 0.3 is 0 Å². The zero-order valence-corrected chi connectivity index (χ0v) is 15.6. The van der Waals surface area contributed by atoms with Gasteiger partial charge in [0.2, 0.25) is 0 Å². The fraction of sp³-hybridized carbons (Fsp3) is 0.333. The highest BCUT2D eigenvalue weighted by Gasteiger charge is 2.19. The molecule has 1 aliphatic heterocycles. The topological polar surface area (TPSA) is 59.1 Å². The van der Waals surface area contributed by atoms with Gasteiger partial charge in [0, 0.05) is 34.5 Å². The fourth-order valence-electron chi connectivity index (χ4n) is 3.62. The third-order valence-electron chi connectivity index (χ3n) is 5.06. The summed E-state index contributed by atoms with van der Waals surface area (Å²) in [5.74, 6) is 1.09. The molecule has 1 atom stereocenters. The van der Waals surface area contributed by atoms with Crippen LogP contribution in [0.1, 0.15) is 24.8 Å². The first-order chi connectivity index (χ1) is 13.7. The normalized spacial score (nSPS) is 17.1. The highest BCUT2D eigenvalue weighted by molar-refractivity contribution is 6.01. The zero-order chi connectivity index (χ0) is 19.5. The van der Waals surface area contributed by atoms with E-state index in [1.54, 1.807) is 6.07 Å². The van der Waals surface area contributed by atoms with Gasteiger partial charge in [-0.3, -0.25) is 0 Å². The second-order valence-electron chi connectivity index (χ2n) is 6.89. The van der Waals surface area contributed by atoms with Gasteiger partial charge in [0.05, 0.1) is 7.11 Å². The molecule has 1 saturated heterocycles. The Labute approximate surface area is 162 Å². The molecule has 2 heterocycles. The van der Waals surface area contributed by atoms with Crippen molar-refractivity contribution in [2.45, 2.75) is 25.3 Å². The number of nitrogens with one attached hydrogen (secondary N) is 2. The van der Waals surface area contributed by atoms with Gasteiger partial charge in [0.1, 0.15) is 11.4 Å². The number of piperidine rings is 1. The minimum Gasteiger partial charge on any atom is -0.496 e. The molecule has 0 aliphatic carbocycles. The third kappa shape index (κ3) is 3.62. The van der Waals surface area contributed by atoms with E-state index in [4.69, 9.17) is 4.74 Å². The van der Waals surface area contributed by atoms with Crippen LogP contribution in [0, 0.1) is 0 Å². The minimum atomic E-state index is -2.55. The molecule has 0 amide bonds. The van der Waals surface area contributed by atoms with Crippen LogP contribution >= 0.6 is 0 Å². The number of aromatic nitrogens is 2. The van der Waals surface area contributed by atoms with Crippen LogP contribution < -0.4 is 15.4 Å². The molecular weight excluding hydrogens is 362 g/mol. The Hall–Kier alpha value is -2.80. The Balaban J connectivity index is 1.78. The molecule has 2 aromatic carbocycles. The Kier molecular flexibility index (Phi) is 5.34. The van der Waals surface area contributed by atoms with Crippen LogP contribution in [-0.2, 0) is 0 Å². The summed E-state index contributed by atoms with van der Waals surface area (Å²) >= 11 is 0. The maximum atomic E-state index is 13.0. The summed E-state index contributed by atoms with van der Waals surface area (Å²) in [6.45, 7) is 1.93. The molecule has 0 unspecified atom stereocenters. The van der Waals surface area contributed by atoms with Crippen LogP contribution in [0.15, 0.2) is 42.5 Å². The van der Waals surface area contributed by atoms with Gasteiger partial charge in [0.25, 0.3) is 6.43 Å². The molecule has 7 heteroatoms. The SMILES string of the molecule is COc1cc(C(F)F)ccc1-c1nnc(N[C@@H]2CCCNC2)c2ccccc12. The van der Waals surface area contributed by atoms with E-state index in [9.17, 15) is 8.78 Å². The lowest BCUT2D eigenvalue weighted by atomic mass is 10.0. The van der Waals surface area contributed by atoms with Gasteiger partial charge in [0.15, 0.2) is 5.82 Å². The van der Waals surface area contributed by atoms with E-state index >= 15 is 0 Å². The average Bonchev–Trinajstić information content (AvgIpc) is 2.74. The number of rotatable bonds is 5. The van der Waals surface area contributed by atoms with Gasteiger partial charge in [-0.25, -0.2) is 8.78 Å². The van der Waals surface area contributed by atoms with Crippen molar-refractivity contribution in [3.63, 3.8) is 0 Å². The predicted octanol–water partition coefficient (Wildman–Crippen LogP) is 4.41. The number of hydrogen-bond acceptors (Lipinski definition) is 5. The number of ether oxygens (including phenoxy) is 1. The van der Waals surface area contributed by atoms with Crippen molar-refractivity contribution >= 4 is 16.6 Å². The van der Waals surface area contributed by atoms with Gasteiger partial charge in [-0.05, 0) is 31.5 Å². The summed E-state index contributed by atoms with van der Waals surface area (Å²) in [6, 6.07) is 12.5. The minimum absolute atomic E-state index is 0.0825. The van der Waals surface area contributed by atoms with Crippen LogP contribution in [0.4, 0.5) is 14.6 Å². The Morgan fingerprint density at radius 2 is 1.96 bits per heavy atom. The van der Waals surface area contributed by atoms with E-state index in [2.05, 4.69) is 20.8 Å². The molecule has 146 valence electrons. The molecule has 0 bridgehead atoms. The summed E-state index contributed by atoms with van der Waals surface area (Å²) in [5.41, 5.74) is 1.17. The van der Waals surface area contributed by atoms with E-state index in [1.807, 2.05) is 24.3 Å². The largest absolute Gasteiger partial charge is 0.496 e. The van der Waals surface area contributed by atoms with Crippen molar-refractivity contribution in [2.24, 2.45) is 0 Å². The van der Waals surface area contributed by atoms with Gasteiger partial charge < -0.3 is 15.4 Å². The number of halogens is 2. The maximum Gasteiger partial charge on any atom is 0.263 e. The molecule has 4 rings (SSSR count). The fourth-order valence-corrected chi connectivity index (χ4v) is 3.62. The molecule has 2 N–H and O–H groups in total. The second kappa shape index (κ2) is 8.06. The lowest BCUT2D eigenvalue weighted by Gasteiger charge is -2.24.